The largest absolute Gasteiger partial charge is 0.450 e. The van der Waals surface area contributed by atoms with Gasteiger partial charge in [0.2, 0.25) is 0 Å². The molecule has 7 heteroatoms. The van der Waals surface area contributed by atoms with Crippen molar-refractivity contribution in [2.45, 2.75) is 13.8 Å². The number of ether oxygens (including phenoxy) is 1. The average molecular weight is 368 g/mol. The minimum atomic E-state index is -0.276. The van der Waals surface area contributed by atoms with Gasteiger partial charge in [-0.05, 0) is 37.6 Å². The van der Waals surface area contributed by atoms with E-state index in [1.54, 1.807) is 24.2 Å². The van der Waals surface area contributed by atoms with E-state index in [0.29, 0.717) is 38.3 Å². The lowest BCUT2D eigenvalue weighted by Crippen LogP contribution is -2.49. The third-order valence-corrected chi connectivity index (χ3v) is 4.43. The number of nitrogens with one attached hydrogen (secondary N) is 1. The van der Waals surface area contributed by atoms with E-state index in [4.69, 9.17) is 4.74 Å². The lowest BCUT2D eigenvalue weighted by atomic mass is 10.2. The zero-order valence-electron chi connectivity index (χ0n) is 15.6. The molecule has 2 amide bonds. The van der Waals surface area contributed by atoms with Gasteiger partial charge >= 0.3 is 6.09 Å². The van der Waals surface area contributed by atoms with Crippen molar-refractivity contribution in [1.29, 1.82) is 0 Å². The summed E-state index contributed by atoms with van der Waals surface area (Å²) in [6.45, 7) is 6.66. The molecule has 2 aromatic rings. The molecule has 1 saturated heterocycles. The van der Waals surface area contributed by atoms with Gasteiger partial charge in [0.15, 0.2) is 0 Å². The first-order chi connectivity index (χ1) is 13.1. The van der Waals surface area contributed by atoms with E-state index < -0.39 is 0 Å². The van der Waals surface area contributed by atoms with Crippen LogP contribution in [0.4, 0.5) is 16.2 Å². The Morgan fingerprint density at radius 2 is 1.93 bits per heavy atom. The third-order valence-electron chi connectivity index (χ3n) is 4.43. The number of carbonyl (C=O) groups excluding carboxylic acids is 2. The van der Waals surface area contributed by atoms with Gasteiger partial charge in [-0.25, -0.2) is 4.79 Å². The Morgan fingerprint density at radius 3 is 2.63 bits per heavy atom. The Morgan fingerprint density at radius 1 is 1.15 bits per heavy atom. The van der Waals surface area contributed by atoms with Crippen LogP contribution < -0.4 is 10.2 Å². The molecule has 0 saturated carbocycles. The maximum absolute atomic E-state index is 12.5. The maximum atomic E-state index is 12.5. The third kappa shape index (κ3) is 4.75. The zero-order valence-corrected chi connectivity index (χ0v) is 15.6. The number of hydrogen-bond donors (Lipinski definition) is 1. The zero-order chi connectivity index (χ0) is 19.2. The molecule has 27 heavy (non-hydrogen) atoms. The van der Waals surface area contributed by atoms with Crippen molar-refractivity contribution in [3.63, 3.8) is 0 Å². The van der Waals surface area contributed by atoms with E-state index in [1.807, 2.05) is 37.3 Å². The Labute approximate surface area is 158 Å². The second kappa shape index (κ2) is 8.53. The lowest BCUT2D eigenvalue weighted by Gasteiger charge is -2.35. The van der Waals surface area contributed by atoms with Gasteiger partial charge in [0.05, 0.1) is 24.1 Å². The number of anilines is 2. The van der Waals surface area contributed by atoms with Crippen molar-refractivity contribution < 1.29 is 14.3 Å². The molecular weight excluding hydrogens is 344 g/mol. The van der Waals surface area contributed by atoms with Crippen molar-refractivity contribution in [3.8, 4) is 0 Å². The number of aromatic nitrogens is 1. The van der Waals surface area contributed by atoms with Gasteiger partial charge in [0.25, 0.3) is 5.91 Å². The minimum absolute atomic E-state index is 0.194. The number of hydrogen-bond acceptors (Lipinski definition) is 5. The van der Waals surface area contributed by atoms with Gasteiger partial charge in [-0.3, -0.25) is 9.78 Å². The molecule has 1 aromatic heterocycles. The number of carbonyl (C=O) groups is 2. The molecule has 7 nitrogen and oxygen atoms in total. The fourth-order valence-corrected chi connectivity index (χ4v) is 3.01. The van der Waals surface area contributed by atoms with Crippen LogP contribution in [0.3, 0.4) is 0 Å². The number of benzene rings is 1. The van der Waals surface area contributed by atoms with E-state index in [0.717, 1.165) is 16.9 Å². The van der Waals surface area contributed by atoms with Gasteiger partial charge in [-0.15, -0.1) is 0 Å². The Balaban J connectivity index is 1.64. The number of nitrogens with zero attached hydrogens (tertiary/aromatic N) is 3. The van der Waals surface area contributed by atoms with E-state index in [-0.39, 0.29) is 12.0 Å². The highest BCUT2D eigenvalue weighted by atomic mass is 16.6. The molecule has 0 aliphatic carbocycles. The second-order valence-electron chi connectivity index (χ2n) is 6.43. The molecule has 142 valence electrons. The maximum Gasteiger partial charge on any atom is 0.409 e. The summed E-state index contributed by atoms with van der Waals surface area (Å²) < 4.78 is 5.04. The Bertz CT molecular complexity index is 816. The monoisotopic (exact) mass is 368 g/mol. The molecule has 0 radical (unpaired) electrons. The molecule has 1 fully saturated rings. The van der Waals surface area contributed by atoms with Gasteiger partial charge in [-0.2, -0.15) is 0 Å². The molecule has 1 aliphatic heterocycles. The molecular formula is C20H24N4O3. The number of piperazine rings is 1. The molecule has 3 rings (SSSR count). The quantitative estimate of drug-likeness (QED) is 0.898. The summed E-state index contributed by atoms with van der Waals surface area (Å²) in [7, 11) is 0. The predicted molar refractivity (Wildman–Crippen MR) is 104 cm³/mol. The molecule has 1 aliphatic rings. The number of rotatable bonds is 4. The first-order valence-electron chi connectivity index (χ1n) is 9.06. The van der Waals surface area contributed by atoms with E-state index >= 15 is 0 Å². The van der Waals surface area contributed by atoms with Crippen molar-refractivity contribution in [2.24, 2.45) is 0 Å². The highest BCUT2D eigenvalue weighted by molar-refractivity contribution is 6.04. The topological polar surface area (TPSA) is 74.8 Å². The highest BCUT2D eigenvalue weighted by Gasteiger charge is 2.22. The van der Waals surface area contributed by atoms with Crippen LogP contribution in [0.1, 0.15) is 22.8 Å². The summed E-state index contributed by atoms with van der Waals surface area (Å²) >= 11 is 0. The standard InChI is InChI=1S/C20H24N4O3/c1-3-27-20(26)24-9-7-23(8-10-24)18-12-16(13-21-14-18)19(25)22-17-6-4-5-15(2)11-17/h4-6,11-14H,3,7-10H2,1-2H3,(H,22,25). The number of pyridine rings is 1. The van der Waals surface area contributed by atoms with Crippen LogP contribution >= 0.6 is 0 Å². The van der Waals surface area contributed by atoms with Crippen molar-refractivity contribution >= 4 is 23.4 Å². The molecule has 1 N–H and O–H groups in total. The Kier molecular flexibility index (Phi) is 5.90. The van der Waals surface area contributed by atoms with Crippen LogP contribution in [0.25, 0.3) is 0 Å². The Hall–Kier alpha value is -3.09. The molecule has 0 spiro atoms. The normalized spacial score (nSPS) is 14.0. The predicted octanol–water partition coefficient (Wildman–Crippen LogP) is 2.92. The molecule has 0 bridgehead atoms. The summed E-state index contributed by atoms with van der Waals surface area (Å²) in [5.74, 6) is -0.194. The van der Waals surface area contributed by atoms with E-state index in [1.165, 1.54) is 0 Å². The van der Waals surface area contributed by atoms with Crippen LogP contribution in [-0.4, -0.2) is 54.7 Å². The fraction of sp³-hybridized carbons (Fsp3) is 0.350. The first-order valence-corrected chi connectivity index (χ1v) is 9.06. The van der Waals surface area contributed by atoms with Crippen LogP contribution in [0, 0.1) is 6.92 Å². The van der Waals surface area contributed by atoms with Crippen LogP contribution in [0.5, 0.6) is 0 Å². The fourth-order valence-electron chi connectivity index (χ4n) is 3.01. The summed E-state index contributed by atoms with van der Waals surface area (Å²) in [6, 6.07) is 9.50. The number of amides is 2. The highest BCUT2D eigenvalue weighted by Crippen LogP contribution is 2.18. The minimum Gasteiger partial charge on any atom is -0.450 e. The van der Waals surface area contributed by atoms with Crippen LogP contribution in [0.2, 0.25) is 0 Å². The van der Waals surface area contributed by atoms with Gasteiger partial charge in [0.1, 0.15) is 0 Å². The molecule has 1 aromatic carbocycles. The summed E-state index contributed by atoms with van der Waals surface area (Å²) in [6.07, 6.45) is 3.02. The molecule has 2 heterocycles. The van der Waals surface area contributed by atoms with Gasteiger partial charge in [-0.1, -0.05) is 12.1 Å². The SMILES string of the molecule is CCOC(=O)N1CCN(c2cncc(C(=O)Nc3cccc(C)c3)c2)CC1. The smallest absolute Gasteiger partial charge is 0.409 e. The van der Waals surface area contributed by atoms with E-state index in [9.17, 15) is 9.59 Å². The summed E-state index contributed by atoms with van der Waals surface area (Å²) in [5.41, 5.74) is 3.21. The molecule has 0 unspecified atom stereocenters. The second-order valence-corrected chi connectivity index (χ2v) is 6.43. The number of aryl methyl sites for hydroxylation is 1. The van der Waals surface area contributed by atoms with Crippen molar-refractivity contribution in [2.75, 3.05) is 43.0 Å². The average Bonchev–Trinajstić information content (AvgIpc) is 2.68. The summed E-state index contributed by atoms with van der Waals surface area (Å²) in [4.78, 5) is 32.4. The van der Waals surface area contributed by atoms with Crippen LogP contribution in [0.15, 0.2) is 42.7 Å². The van der Waals surface area contributed by atoms with Crippen molar-refractivity contribution in [3.05, 3.63) is 53.9 Å². The first kappa shape index (κ1) is 18.7. The summed E-state index contributed by atoms with van der Waals surface area (Å²) in [5, 5.41) is 2.90. The lowest BCUT2D eigenvalue weighted by molar-refractivity contribution is 0.102. The van der Waals surface area contributed by atoms with Gasteiger partial charge in [0, 0.05) is 38.1 Å². The van der Waals surface area contributed by atoms with Gasteiger partial charge < -0.3 is 19.9 Å². The van der Waals surface area contributed by atoms with Crippen molar-refractivity contribution in [1.82, 2.24) is 9.88 Å². The molecule has 0 atom stereocenters. The van der Waals surface area contributed by atoms with E-state index in [2.05, 4.69) is 15.2 Å². The van der Waals surface area contributed by atoms with Crippen LogP contribution in [-0.2, 0) is 4.74 Å².